The van der Waals surface area contributed by atoms with Gasteiger partial charge in [-0.3, -0.25) is 9.59 Å². The van der Waals surface area contributed by atoms with Gasteiger partial charge in [-0.25, -0.2) is 4.98 Å². The largest absolute Gasteiger partial charge is 0.442 e. The Labute approximate surface area is 172 Å². The number of aromatic nitrogens is 1. The number of carbonyl (C=O) groups excluding carboxylic acids is 2. The number of hydrogen-bond donors (Lipinski definition) is 2. The van der Waals surface area contributed by atoms with Gasteiger partial charge in [-0.05, 0) is 48.4 Å². The van der Waals surface area contributed by atoms with E-state index in [1.807, 2.05) is 23.6 Å². The van der Waals surface area contributed by atoms with Crippen molar-refractivity contribution in [3.8, 4) is 10.6 Å². The molecule has 8 heteroatoms. The summed E-state index contributed by atoms with van der Waals surface area (Å²) in [6.45, 7) is 4.01. The van der Waals surface area contributed by atoms with Crippen LogP contribution >= 0.6 is 11.3 Å². The number of benzene rings is 1. The maximum Gasteiger partial charge on any atom is 0.278 e. The van der Waals surface area contributed by atoms with Crippen molar-refractivity contribution >= 4 is 34.5 Å². The number of nitrogens with two attached hydrogens (primary N) is 1. The van der Waals surface area contributed by atoms with Gasteiger partial charge in [-0.1, -0.05) is 13.0 Å². The van der Waals surface area contributed by atoms with Crippen LogP contribution in [0.15, 0.2) is 46.5 Å². The number of primary amides is 1. The lowest BCUT2D eigenvalue weighted by Crippen LogP contribution is -2.34. The number of rotatable bonds is 5. The Kier molecular flexibility index (Phi) is 5.35. The van der Waals surface area contributed by atoms with E-state index in [-0.39, 0.29) is 5.69 Å². The molecule has 7 nitrogen and oxygen atoms in total. The molecule has 0 radical (unpaired) electrons. The maximum atomic E-state index is 12.7. The molecule has 0 atom stereocenters. The molecule has 3 N–H and O–H groups in total. The van der Waals surface area contributed by atoms with Crippen LogP contribution < -0.4 is 16.0 Å². The van der Waals surface area contributed by atoms with E-state index in [1.165, 1.54) is 17.7 Å². The normalized spacial score (nSPS) is 14.7. The molecule has 1 fully saturated rings. The molecule has 3 aromatic rings. The van der Waals surface area contributed by atoms with Gasteiger partial charge in [0.25, 0.3) is 11.8 Å². The Hall–Kier alpha value is -3.13. The zero-order valence-electron chi connectivity index (χ0n) is 16.1. The summed E-state index contributed by atoms with van der Waals surface area (Å²) < 4.78 is 5.39. The van der Waals surface area contributed by atoms with E-state index in [0.717, 1.165) is 36.5 Å². The Balaban J connectivity index is 1.57. The van der Waals surface area contributed by atoms with Crippen molar-refractivity contribution in [2.75, 3.05) is 23.3 Å². The van der Waals surface area contributed by atoms with E-state index in [1.54, 1.807) is 12.1 Å². The number of oxazole rings is 1. The third kappa shape index (κ3) is 4.02. The molecule has 1 saturated heterocycles. The number of hydrogen-bond acceptors (Lipinski definition) is 6. The zero-order chi connectivity index (χ0) is 20.4. The number of amides is 2. The van der Waals surface area contributed by atoms with Gasteiger partial charge in [0.2, 0.25) is 0 Å². The molecule has 2 amide bonds. The summed E-state index contributed by atoms with van der Waals surface area (Å²) in [4.78, 5) is 31.9. The van der Waals surface area contributed by atoms with Gasteiger partial charge in [0.15, 0.2) is 17.8 Å². The summed E-state index contributed by atoms with van der Waals surface area (Å²) in [7, 11) is 0. The molecule has 0 bridgehead atoms. The average molecular weight is 410 g/mol. The minimum atomic E-state index is -0.518. The van der Waals surface area contributed by atoms with Gasteiger partial charge >= 0.3 is 0 Å². The van der Waals surface area contributed by atoms with Crippen LogP contribution in [0.2, 0.25) is 0 Å². The molecule has 0 saturated carbocycles. The summed E-state index contributed by atoms with van der Waals surface area (Å²) in [5, 5.41) is 4.70. The van der Waals surface area contributed by atoms with E-state index in [0.29, 0.717) is 22.9 Å². The molecular formula is C21H22N4O3S. The first-order valence-corrected chi connectivity index (χ1v) is 10.4. The summed E-state index contributed by atoms with van der Waals surface area (Å²) in [5.41, 5.74) is 7.52. The van der Waals surface area contributed by atoms with Crippen LogP contribution in [0.3, 0.4) is 0 Å². The quantitative estimate of drug-likeness (QED) is 0.662. The second-order valence-electron chi connectivity index (χ2n) is 7.23. The molecule has 2 aromatic heterocycles. The average Bonchev–Trinajstić information content (AvgIpc) is 3.40. The standard InChI is InChI=1S/C21H22N4O3S/c1-13-6-8-25(9-7-13)16-5-4-14(11-15(16)20(22)26)24-21(27)18-19(28-12-23-18)17-3-2-10-29-17/h2-5,10-13H,6-9H2,1H3,(H2,22,26)(H,24,27). The fourth-order valence-electron chi connectivity index (χ4n) is 3.52. The predicted octanol–water partition coefficient (Wildman–Crippen LogP) is 3.99. The molecule has 3 heterocycles. The fourth-order valence-corrected chi connectivity index (χ4v) is 4.23. The number of nitrogens with one attached hydrogen (secondary N) is 1. The Morgan fingerprint density at radius 2 is 2.07 bits per heavy atom. The lowest BCUT2D eigenvalue weighted by Gasteiger charge is -2.33. The summed E-state index contributed by atoms with van der Waals surface area (Å²) >= 11 is 1.46. The Morgan fingerprint density at radius 1 is 1.28 bits per heavy atom. The predicted molar refractivity (Wildman–Crippen MR) is 113 cm³/mol. The highest BCUT2D eigenvalue weighted by Crippen LogP contribution is 2.30. The molecule has 1 aromatic carbocycles. The smallest absolute Gasteiger partial charge is 0.278 e. The number of carbonyl (C=O) groups is 2. The van der Waals surface area contributed by atoms with Gasteiger partial charge in [-0.15, -0.1) is 11.3 Å². The van der Waals surface area contributed by atoms with E-state index in [2.05, 4.69) is 22.1 Å². The monoisotopic (exact) mass is 410 g/mol. The highest BCUT2D eigenvalue weighted by atomic mass is 32.1. The zero-order valence-corrected chi connectivity index (χ0v) is 16.9. The van der Waals surface area contributed by atoms with Crippen LogP contribution in [0.25, 0.3) is 10.6 Å². The molecule has 29 heavy (non-hydrogen) atoms. The molecule has 4 rings (SSSR count). The van der Waals surface area contributed by atoms with Crippen molar-refractivity contribution in [1.82, 2.24) is 4.98 Å². The minimum absolute atomic E-state index is 0.196. The van der Waals surface area contributed by atoms with Crippen molar-refractivity contribution in [1.29, 1.82) is 0 Å². The summed E-state index contributed by atoms with van der Waals surface area (Å²) in [6, 6.07) is 8.99. The topological polar surface area (TPSA) is 101 Å². The fraction of sp³-hybridized carbons (Fsp3) is 0.286. The molecule has 0 unspecified atom stereocenters. The van der Waals surface area contributed by atoms with E-state index < -0.39 is 11.8 Å². The van der Waals surface area contributed by atoms with Crippen LogP contribution in [0, 0.1) is 5.92 Å². The SMILES string of the molecule is CC1CCN(c2ccc(NC(=O)c3ncoc3-c3cccs3)cc2C(N)=O)CC1. The van der Waals surface area contributed by atoms with Crippen LogP contribution in [0.4, 0.5) is 11.4 Å². The summed E-state index contributed by atoms with van der Waals surface area (Å²) in [6.07, 6.45) is 3.40. The Morgan fingerprint density at radius 3 is 2.76 bits per heavy atom. The van der Waals surface area contributed by atoms with Crippen LogP contribution in [0.1, 0.15) is 40.6 Å². The second kappa shape index (κ2) is 8.08. The van der Waals surface area contributed by atoms with Gasteiger partial charge in [0.1, 0.15) is 0 Å². The Bertz CT molecular complexity index is 1020. The molecule has 150 valence electrons. The molecule has 1 aliphatic rings. The minimum Gasteiger partial charge on any atom is -0.442 e. The first-order valence-electron chi connectivity index (χ1n) is 9.50. The third-order valence-electron chi connectivity index (χ3n) is 5.17. The van der Waals surface area contributed by atoms with Crippen molar-refractivity contribution in [3.05, 3.63) is 53.4 Å². The first-order chi connectivity index (χ1) is 14.0. The first kappa shape index (κ1) is 19.2. The highest BCUT2D eigenvalue weighted by molar-refractivity contribution is 7.13. The lowest BCUT2D eigenvalue weighted by atomic mass is 9.98. The van der Waals surface area contributed by atoms with Crippen LogP contribution in [-0.2, 0) is 0 Å². The second-order valence-corrected chi connectivity index (χ2v) is 8.17. The van der Waals surface area contributed by atoms with E-state index >= 15 is 0 Å². The van der Waals surface area contributed by atoms with Crippen molar-refractivity contribution in [2.45, 2.75) is 19.8 Å². The third-order valence-corrected chi connectivity index (χ3v) is 6.04. The molecule has 0 spiro atoms. The van der Waals surface area contributed by atoms with Gasteiger partial charge in [0, 0.05) is 24.5 Å². The summed E-state index contributed by atoms with van der Waals surface area (Å²) in [5.74, 6) is 0.182. The van der Waals surface area contributed by atoms with E-state index in [4.69, 9.17) is 10.2 Å². The number of anilines is 2. The van der Waals surface area contributed by atoms with Crippen molar-refractivity contribution in [3.63, 3.8) is 0 Å². The molecule has 0 aliphatic carbocycles. The van der Waals surface area contributed by atoms with Gasteiger partial charge in [-0.2, -0.15) is 0 Å². The molecular weight excluding hydrogens is 388 g/mol. The van der Waals surface area contributed by atoms with Crippen molar-refractivity contribution in [2.24, 2.45) is 11.7 Å². The maximum absolute atomic E-state index is 12.7. The van der Waals surface area contributed by atoms with Crippen LogP contribution in [-0.4, -0.2) is 29.9 Å². The van der Waals surface area contributed by atoms with Gasteiger partial charge < -0.3 is 20.4 Å². The van der Waals surface area contributed by atoms with E-state index in [9.17, 15) is 9.59 Å². The number of piperidine rings is 1. The van der Waals surface area contributed by atoms with Crippen LogP contribution in [0.5, 0.6) is 0 Å². The highest BCUT2D eigenvalue weighted by Gasteiger charge is 2.22. The number of thiophene rings is 1. The van der Waals surface area contributed by atoms with Gasteiger partial charge in [0.05, 0.1) is 10.4 Å². The lowest BCUT2D eigenvalue weighted by molar-refractivity contribution is 0.0996. The molecule has 1 aliphatic heterocycles. The number of nitrogens with zero attached hydrogens (tertiary/aromatic N) is 2. The van der Waals surface area contributed by atoms with Crippen molar-refractivity contribution < 1.29 is 14.0 Å².